The zero-order valence-corrected chi connectivity index (χ0v) is 14.0. The van der Waals surface area contributed by atoms with E-state index >= 15 is 0 Å². The lowest BCUT2D eigenvalue weighted by Gasteiger charge is -2.29. The molecule has 2 heterocycles. The van der Waals surface area contributed by atoms with Crippen LogP contribution < -0.4 is 0 Å². The lowest BCUT2D eigenvalue weighted by atomic mass is 9.97. The molecule has 1 fully saturated rings. The van der Waals surface area contributed by atoms with Crippen LogP contribution in [-0.2, 0) is 19.4 Å². The molecule has 0 aromatic carbocycles. The van der Waals surface area contributed by atoms with Gasteiger partial charge in [0.1, 0.15) is 0 Å². The van der Waals surface area contributed by atoms with Crippen molar-refractivity contribution >= 4 is 11.3 Å². The van der Waals surface area contributed by atoms with Crippen molar-refractivity contribution in [1.29, 1.82) is 0 Å². The molecule has 0 aliphatic heterocycles. The average molecular weight is 318 g/mol. The Morgan fingerprint density at radius 1 is 1.27 bits per heavy atom. The van der Waals surface area contributed by atoms with E-state index in [-0.39, 0.29) is 0 Å². The maximum atomic E-state index is 5.43. The fourth-order valence-electron chi connectivity index (χ4n) is 3.18. The van der Waals surface area contributed by atoms with E-state index in [9.17, 15) is 0 Å². The summed E-state index contributed by atoms with van der Waals surface area (Å²) in [4.78, 5) is 13.1. The minimum Gasteiger partial charge on any atom is -0.338 e. The van der Waals surface area contributed by atoms with Crippen molar-refractivity contribution in [3.8, 4) is 0 Å². The molecule has 0 N–H and O–H groups in total. The van der Waals surface area contributed by atoms with Gasteiger partial charge in [-0.3, -0.25) is 4.90 Å². The second kappa shape index (κ2) is 5.74. The number of aryl methyl sites for hydroxylation is 2. The summed E-state index contributed by atoms with van der Waals surface area (Å²) in [5, 5.41) is 5.38. The van der Waals surface area contributed by atoms with Crippen LogP contribution >= 0.6 is 11.3 Å². The van der Waals surface area contributed by atoms with E-state index in [1.165, 1.54) is 41.3 Å². The Morgan fingerprint density at radius 2 is 2.14 bits per heavy atom. The van der Waals surface area contributed by atoms with Gasteiger partial charge in [0.15, 0.2) is 5.82 Å². The summed E-state index contributed by atoms with van der Waals surface area (Å²) in [5.41, 5.74) is 1.31. The van der Waals surface area contributed by atoms with Crippen LogP contribution in [0.3, 0.4) is 0 Å². The van der Waals surface area contributed by atoms with Crippen LogP contribution in [0.1, 0.15) is 71.9 Å². The molecule has 5 nitrogen and oxygen atoms in total. The van der Waals surface area contributed by atoms with Crippen LogP contribution in [0.4, 0.5) is 0 Å². The quantitative estimate of drug-likeness (QED) is 0.845. The highest BCUT2D eigenvalue weighted by Crippen LogP contribution is 2.39. The summed E-state index contributed by atoms with van der Waals surface area (Å²) < 4.78 is 5.43. The van der Waals surface area contributed by atoms with Gasteiger partial charge in [-0.15, -0.1) is 11.3 Å². The first kappa shape index (κ1) is 14.3. The molecule has 1 atom stereocenters. The van der Waals surface area contributed by atoms with Crippen molar-refractivity contribution in [1.82, 2.24) is 20.0 Å². The fourth-order valence-corrected chi connectivity index (χ4v) is 4.44. The number of hydrogen-bond donors (Lipinski definition) is 0. The predicted octanol–water partition coefficient (Wildman–Crippen LogP) is 3.48. The molecule has 0 radical (unpaired) electrons. The fraction of sp³-hybridized carbons (Fsp3) is 0.688. The minimum absolute atomic E-state index is 0.442. The van der Waals surface area contributed by atoms with Gasteiger partial charge in [-0.05, 0) is 45.6 Å². The summed E-state index contributed by atoms with van der Waals surface area (Å²) in [7, 11) is 2.16. The zero-order chi connectivity index (χ0) is 15.1. The molecule has 2 aromatic rings. The number of aromatic nitrogens is 3. The molecule has 2 aromatic heterocycles. The van der Waals surface area contributed by atoms with E-state index in [2.05, 4.69) is 29.0 Å². The first-order chi connectivity index (χ1) is 10.7. The van der Waals surface area contributed by atoms with Crippen molar-refractivity contribution in [3.63, 3.8) is 0 Å². The molecule has 0 amide bonds. The largest absolute Gasteiger partial charge is 0.338 e. The Morgan fingerprint density at radius 3 is 2.91 bits per heavy atom. The third kappa shape index (κ3) is 2.70. The normalized spacial score (nSPS) is 21.3. The van der Waals surface area contributed by atoms with Crippen LogP contribution in [0, 0.1) is 0 Å². The highest BCUT2D eigenvalue weighted by molar-refractivity contribution is 7.11. The maximum absolute atomic E-state index is 5.43. The molecule has 0 unspecified atom stereocenters. The van der Waals surface area contributed by atoms with Crippen LogP contribution in [0.15, 0.2) is 4.52 Å². The number of nitrogens with zero attached hydrogens (tertiary/aromatic N) is 4. The maximum Gasteiger partial charge on any atom is 0.240 e. The van der Waals surface area contributed by atoms with Crippen molar-refractivity contribution < 1.29 is 4.52 Å². The number of thiazole rings is 1. The molecule has 6 heteroatoms. The monoisotopic (exact) mass is 318 g/mol. The smallest absolute Gasteiger partial charge is 0.240 e. The number of rotatable bonds is 5. The van der Waals surface area contributed by atoms with Crippen molar-refractivity contribution in [2.24, 2.45) is 0 Å². The van der Waals surface area contributed by atoms with Gasteiger partial charge in [0.2, 0.25) is 5.89 Å². The van der Waals surface area contributed by atoms with E-state index in [0.29, 0.717) is 12.0 Å². The van der Waals surface area contributed by atoms with Gasteiger partial charge in [-0.1, -0.05) is 12.1 Å². The summed E-state index contributed by atoms with van der Waals surface area (Å²) >= 11 is 1.88. The van der Waals surface area contributed by atoms with E-state index in [0.717, 1.165) is 31.1 Å². The minimum atomic E-state index is 0.442. The van der Waals surface area contributed by atoms with Crippen molar-refractivity contribution in [2.75, 3.05) is 7.05 Å². The van der Waals surface area contributed by atoms with Gasteiger partial charge in [0, 0.05) is 16.8 Å². The lowest BCUT2D eigenvalue weighted by Crippen LogP contribution is -2.26. The second-order valence-electron chi connectivity index (χ2n) is 6.42. The van der Waals surface area contributed by atoms with Gasteiger partial charge in [0.05, 0.1) is 17.2 Å². The zero-order valence-electron chi connectivity index (χ0n) is 13.2. The molecule has 0 saturated heterocycles. The SMILES string of the molecule is CCc1nc2c(s1)[C@H](N(C)Cc1nc(C3CC3)no1)CCC2. The van der Waals surface area contributed by atoms with Crippen molar-refractivity contribution in [2.45, 2.75) is 64.0 Å². The van der Waals surface area contributed by atoms with Gasteiger partial charge >= 0.3 is 0 Å². The third-order valence-electron chi connectivity index (χ3n) is 4.61. The van der Waals surface area contributed by atoms with E-state index < -0.39 is 0 Å². The Labute approximate surface area is 134 Å². The molecule has 0 bridgehead atoms. The standard InChI is InChI=1S/C16H22N4OS/c1-3-14-17-11-5-4-6-12(15(11)22-14)20(2)9-13-18-16(19-21-13)10-7-8-10/h10,12H,3-9H2,1-2H3/t12-/m1/s1. The highest BCUT2D eigenvalue weighted by Gasteiger charge is 2.31. The van der Waals surface area contributed by atoms with Gasteiger partial charge < -0.3 is 4.52 Å². The predicted molar refractivity (Wildman–Crippen MR) is 84.9 cm³/mol. The molecular formula is C16H22N4OS. The van der Waals surface area contributed by atoms with Crippen LogP contribution in [0.5, 0.6) is 0 Å². The Hall–Kier alpha value is -1.27. The second-order valence-corrected chi connectivity index (χ2v) is 7.53. The molecule has 22 heavy (non-hydrogen) atoms. The van der Waals surface area contributed by atoms with E-state index in [4.69, 9.17) is 9.51 Å². The van der Waals surface area contributed by atoms with Crippen molar-refractivity contribution in [3.05, 3.63) is 27.3 Å². The lowest BCUT2D eigenvalue weighted by molar-refractivity contribution is 0.189. The summed E-state index contributed by atoms with van der Waals surface area (Å²) in [6, 6.07) is 0.442. The Bertz CT molecular complexity index is 661. The van der Waals surface area contributed by atoms with Gasteiger partial charge in [0.25, 0.3) is 0 Å². The number of fused-ring (bicyclic) bond motifs is 1. The molecule has 0 spiro atoms. The molecule has 2 aliphatic carbocycles. The van der Waals surface area contributed by atoms with Crippen LogP contribution in [0.2, 0.25) is 0 Å². The summed E-state index contributed by atoms with van der Waals surface area (Å²) in [5.74, 6) is 2.20. The van der Waals surface area contributed by atoms with Crippen LogP contribution in [0.25, 0.3) is 0 Å². The van der Waals surface area contributed by atoms with E-state index in [1.54, 1.807) is 0 Å². The summed E-state index contributed by atoms with van der Waals surface area (Å²) in [6.07, 6.45) is 6.98. The molecule has 118 valence electrons. The highest BCUT2D eigenvalue weighted by atomic mass is 32.1. The topological polar surface area (TPSA) is 55.1 Å². The summed E-state index contributed by atoms with van der Waals surface area (Å²) in [6.45, 7) is 2.91. The molecule has 2 aliphatic rings. The molecule has 4 rings (SSSR count). The molecular weight excluding hydrogens is 296 g/mol. The first-order valence-electron chi connectivity index (χ1n) is 8.25. The molecule has 1 saturated carbocycles. The third-order valence-corrected chi connectivity index (χ3v) is 5.95. The van der Waals surface area contributed by atoms with Gasteiger partial charge in [-0.2, -0.15) is 4.98 Å². The Balaban J connectivity index is 1.50. The van der Waals surface area contributed by atoms with E-state index in [1.807, 2.05) is 11.3 Å². The average Bonchev–Trinajstić information content (AvgIpc) is 3.12. The Kier molecular flexibility index (Phi) is 3.74. The van der Waals surface area contributed by atoms with Crippen LogP contribution in [-0.4, -0.2) is 27.1 Å². The van der Waals surface area contributed by atoms with Gasteiger partial charge in [-0.25, -0.2) is 4.98 Å². The first-order valence-corrected chi connectivity index (χ1v) is 9.07. The number of hydrogen-bond acceptors (Lipinski definition) is 6.